The predicted molar refractivity (Wildman–Crippen MR) is 54.7 cm³/mol. The molecule has 13 heavy (non-hydrogen) atoms. The fourth-order valence-corrected chi connectivity index (χ4v) is 1.62. The minimum absolute atomic E-state index is 0.556. The lowest BCUT2D eigenvalue weighted by Gasteiger charge is -2.19. The monoisotopic (exact) mass is 181 g/mol. The van der Waals surface area contributed by atoms with Crippen LogP contribution >= 0.6 is 0 Å². The largest absolute Gasteiger partial charge is 0.319 e. The van der Waals surface area contributed by atoms with E-state index in [4.69, 9.17) is 0 Å². The number of rotatable bonds is 4. The van der Waals surface area contributed by atoms with E-state index in [0.717, 1.165) is 6.54 Å². The number of aryl methyl sites for hydroxylation is 1. The van der Waals surface area contributed by atoms with Gasteiger partial charge in [-0.05, 0) is 25.6 Å². The molecule has 0 bridgehead atoms. The van der Waals surface area contributed by atoms with Crippen LogP contribution in [0.15, 0.2) is 12.3 Å². The van der Waals surface area contributed by atoms with Gasteiger partial charge in [0.25, 0.3) is 0 Å². The maximum absolute atomic E-state index is 4.18. The van der Waals surface area contributed by atoms with E-state index in [1.54, 1.807) is 0 Å². The van der Waals surface area contributed by atoms with E-state index in [9.17, 15) is 0 Å². The molecule has 1 heterocycles. The van der Waals surface area contributed by atoms with Crippen LogP contribution in [0.5, 0.6) is 0 Å². The highest BCUT2D eigenvalue weighted by molar-refractivity contribution is 5.07. The van der Waals surface area contributed by atoms with Crippen molar-refractivity contribution in [2.45, 2.75) is 19.8 Å². The third kappa shape index (κ3) is 2.31. The zero-order chi connectivity index (χ0) is 9.84. The molecule has 0 saturated heterocycles. The van der Waals surface area contributed by atoms with Gasteiger partial charge in [-0.25, -0.2) is 0 Å². The van der Waals surface area contributed by atoms with Crippen LogP contribution in [0.25, 0.3) is 0 Å². The summed E-state index contributed by atoms with van der Waals surface area (Å²) in [7, 11) is 3.99. The van der Waals surface area contributed by atoms with Crippen molar-refractivity contribution in [3.63, 3.8) is 0 Å². The molecule has 0 aliphatic heterocycles. The molecule has 0 spiro atoms. The molecular formula is C10H19N3. The average Bonchev–Trinajstić information content (AvgIpc) is 2.50. The summed E-state index contributed by atoms with van der Waals surface area (Å²) in [6, 6.07) is 2.09. The summed E-state index contributed by atoms with van der Waals surface area (Å²) in [5.74, 6) is 1.19. The van der Waals surface area contributed by atoms with Crippen LogP contribution in [-0.4, -0.2) is 23.4 Å². The van der Waals surface area contributed by atoms with Crippen LogP contribution in [0.3, 0.4) is 0 Å². The number of hydrogen-bond donors (Lipinski definition) is 1. The van der Waals surface area contributed by atoms with Gasteiger partial charge < -0.3 is 5.32 Å². The van der Waals surface area contributed by atoms with Crippen molar-refractivity contribution in [2.75, 3.05) is 13.6 Å². The molecule has 3 heteroatoms. The molecule has 0 aromatic carbocycles. The highest BCUT2D eigenvalue weighted by atomic mass is 15.3. The van der Waals surface area contributed by atoms with E-state index in [1.165, 1.54) is 5.69 Å². The minimum atomic E-state index is 0.556. The Morgan fingerprint density at radius 1 is 1.54 bits per heavy atom. The first-order chi connectivity index (χ1) is 6.16. The SMILES string of the molecule is CNCC(C)C(C)c1ccnn1C. The summed E-state index contributed by atoms with van der Waals surface area (Å²) >= 11 is 0. The van der Waals surface area contributed by atoms with Gasteiger partial charge in [0, 0.05) is 24.9 Å². The second kappa shape index (κ2) is 4.42. The lowest BCUT2D eigenvalue weighted by Crippen LogP contribution is -2.22. The fourth-order valence-electron chi connectivity index (χ4n) is 1.62. The molecular weight excluding hydrogens is 162 g/mol. The summed E-state index contributed by atoms with van der Waals surface area (Å²) in [5, 5.41) is 7.38. The molecule has 1 rings (SSSR count). The standard InChI is InChI=1S/C10H19N3/c1-8(7-11-3)9(2)10-5-6-12-13(10)4/h5-6,8-9,11H,7H2,1-4H3. The van der Waals surface area contributed by atoms with Crippen LogP contribution in [-0.2, 0) is 7.05 Å². The van der Waals surface area contributed by atoms with Gasteiger partial charge in [0.05, 0.1) is 0 Å². The number of nitrogens with zero attached hydrogens (tertiary/aromatic N) is 2. The molecule has 0 amide bonds. The van der Waals surface area contributed by atoms with E-state index in [1.807, 2.05) is 25.0 Å². The minimum Gasteiger partial charge on any atom is -0.319 e. The molecule has 1 aromatic heterocycles. The first-order valence-electron chi connectivity index (χ1n) is 4.79. The molecule has 0 fully saturated rings. The molecule has 1 aromatic rings. The third-order valence-electron chi connectivity index (χ3n) is 2.71. The van der Waals surface area contributed by atoms with E-state index in [-0.39, 0.29) is 0 Å². The van der Waals surface area contributed by atoms with Crippen LogP contribution in [0, 0.1) is 5.92 Å². The smallest absolute Gasteiger partial charge is 0.0492 e. The quantitative estimate of drug-likeness (QED) is 0.760. The van der Waals surface area contributed by atoms with Gasteiger partial charge in [-0.15, -0.1) is 0 Å². The molecule has 0 saturated carbocycles. The predicted octanol–water partition coefficient (Wildman–Crippen LogP) is 1.38. The van der Waals surface area contributed by atoms with Crippen molar-refractivity contribution in [1.29, 1.82) is 0 Å². The number of hydrogen-bond acceptors (Lipinski definition) is 2. The maximum Gasteiger partial charge on any atom is 0.0492 e. The molecule has 74 valence electrons. The van der Waals surface area contributed by atoms with Gasteiger partial charge in [-0.2, -0.15) is 5.10 Å². The maximum atomic E-state index is 4.18. The van der Waals surface area contributed by atoms with Crippen molar-refractivity contribution >= 4 is 0 Å². The Labute approximate surface area is 80.1 Å². The lowest BCUT2D eigenvalue weighted by atomic mass is 9.93. The normalized spacial score (nSPS) is 15.7. The van der Waals surface area contributed by atoms with Gasteiger partial charge in [-0.1, -0.05) is 13.8 Å². The Kier molecular flexibility index (Phi) is 3.48. The van der Waals surface area contributed by atoms with Crippen molar-refractivity contribution in [1.82, 2.24) is 15.1 Å². The molecule has 0 aliphatic carbocycles. The first kappa shape index (κ1) is 10.3. The van der Waals surface area contributed by atoms with Gasteiger partial charge in [-0.3, -0.25) is 4.68 Å². The summed E-state index contributed by atoms with van der Waals surface area (Å²) < 4.78 is 1.96. The fraction of sp³-hybridized carbons (Fsp3) is 0.700. The van der Waals surface area contributed by atoms with E-state index in [2.05, 4.69) is 30.3 Å². The lowest BCUT2D eigenvalue weighted by molar-refractivity contribution is 0.444. The van der Waals surface area contributed by atoms with Crippen molar-refractivity contribution < 1.29 is 0 Å². The Bertz CT molecular complexity index is 254. The van der Waals surface area contributed by atoms with Gasteiger partial charge in [0.15, 0.2) is 0 Å². The van der Waals surface area contributed by atoms with Crippen molar-refractivity contribution in [2.24, 2.45) is 13.0 Å². The van der Waals surface area contributed by atoms with E-state index in [0.29, 0.717) is 11.8 Å². The molecule has 2 unspecified atom stereocenters. The van der Waals surface area contributed by atoms with Gasteiger partial charge in [0.1, 0.15) is 0 Å². The molecule has 2 atom stereocenters. The summed E-state index contributed by atoms with van der Waals surface area (Å²) in [6.45, 7) is 5.56. The van der Waals surface area contributed by atoms with E-state index < -0.39 is 0 Å². The Balaban J connectivity index is 2.67. The zero-order valence-electron chi connectivity index (χ0n) is 8.91. The Morgan fingerprint density at radius 3 is 2.69 bits per heavy atom. The first-order valence-corrected chi connectivity index (χ1v) is 4.79. The number of aromatic nitrogens is 2. The summed E-state index contributed by atoms with van der Waals surface area (Å²) in [6.07, 6.45) is 1.86. The molecule has 1 N–H and O–H groups in total. The van der Waals surface area contributed by atoms with Crippen molar-refractivity contribution in [3.05, 3.63) is 18.0 Å². The summed E-state index contributed by atoms with van der Waals surface area (Å²) in [4.78, 5) is 0. The highest BCUT2D eigenvalue weighted by Gasteiger charge is 2.15. The average molecular weight is 181 g/mol. The third-order valence-corrected chi connectivity index (χ3v) is 2.71. The van der Waals surface area contributed by atoms with Crippen molar-refractivity contribution in [3.8, 4) is 0 Å². The van der Waals surface area contributed by atoms with Gasteiger partial charge in [0.2, 0.25) is 0 Å². The van der Waals surface area contributed by atoms with Crippen LogP contribution in [0.4, 0.5) is 0 Å². The Morgan fingerprint density at radius 2 is 2.23 bits per heavy atom. The topological polar surface area (TPSA) is 29.9 Å². The van der Waals surface area contributed by atoms with Crippen LogP contribution < -0.4 is 5.32 Å². The molecule has 0 radical (unpaired) electrons. The second-order valence-electron chi connectivity index (χ2n) is 3.70. The van der Waals surface area contributed by atoms with E-state index >= 15 is 0 Å². The Hall–Kier alpha value is -0.830. The highest BCUT2D eigenvalue weighted by Crippen LogP contribution is 2.22. The molecule has 3 nitrogen and oxygen atoms in total. The summed E-state index contributed by atoms with van der Waals surface area (Å²) in [5.41, 5.74) is 1.31. The number of nitrogens with one attached hydrogen (secondary N) is 1. The van der Waals surface area contributed by atoms with Crippen LogP contribution in [0.2, 0.25) is 0 Å². The van der Waals surface area contributed by atoms with Gasteiger partial charge >= 0.3 is 0 Å². The zero-order valence-corrected chi connectivity index (χ0v) is 8.91. The van der Waals surface area contributed by atoms with Crippen LogP contribution in [0.1, 0.15) is 25.5 Å². The second-order valence-corrected chi connectivity index (χ2v) is 3.70. The molecule has 0 aliphatic rings.